The van der Waals surface area contributed by atoms with Gasteiger partial charge in [-0.15, -0.1) is 0 Å². The third-order valence-electron chi connectivity index (χ3n) is 4.28. The van der Waals surface area contributed by atoms with E-state index in [1.165, 1.54) is 0 Å². The lowest BCUT2D eigenvalue weighted by Gasteiger charge is -2.30. The number of ether oxygens (including phenoxy) is 2. The van der Waals surface area contributed by atoms with Gasteiger partial charge in [-0.25, -0.2) is 0 Å². The summed E-state index contributed by atoms with van der Waals surface area (Å²) in [5.74, 6) is 0.690. The number of morpholine rings is 1. The largest absolute Gasteiger partial charge is 0.497 e. The fraction of sp³-hybridized carbons (Fsp3) is 0.350. The Hall–Kier alpha value is -2.73. The Labute approximate surface area is 154 Å². The lowest BCUT2D eigenvalue weighted by Crippen LogP contribution is -2.36. The van der Waals surface area contributed by atoms with Crippen LogP contribution < -0.4 is 20.3 Å². The SMILES string of the molecule is COc1cccc(NC(=O)CCNc2ccccc2N2CCOCC2)c1. The van der Waals surface area contributed by atoms with E-state index in [1.54, 1.807) is 13.2 Å². The predicted octanol–water partition coefficient (Wildman–Crippen LogP) is 2.97. The summed E-state index contributed by atoms with van der Waals surface area (Å²) in [6, 6.07) is 15.5. The Morgan fingerprint density at radius 1 is 1.15 bits per heavy atom. The Balaban J connectivity index is 1.52. The van der Waals surface area contributed by atoms with Crippen molar-refractivity contribution in [1.82, 2.24) is 0 Å². The highest BCUT2D eigenvalue weighted by Gasteiger charge is 2.14. The highest BCUT2D eigenvalue weighted by Crippen LogP contribution is 2.26. The molecule has 1 amide bonds. The maximum atomic E-state index is 12.2. The molecule has 2 aromatic carbocycles. The van der Waals surface area contributed by atoms with Crippen LogP contribution >= 0.6 is 0 Å². The van der Waals surface area contributed by atoms with Crippen LogP contribution in [0.25, 0.3) is 0 Å². The van der Waals surface area contributed by atoms with Gasteiger partial charge in [-0.1, -0.05) is 18.2 Å². The normalized spacial score (nSPS) is 14.0. The van der Waals surface area contributed by atoms with E-state index in [0.717, 1.165) is 49.1 Å². The fourth-order valence-corrected chi connectivity index (χ4v) is 2.94. The third kappa shape index (κ3) is 4.89. The summed E-state index contributed by atoms with van der Waals surface area (Å²) in [6.45, 7) is 3.83. The molecule has 2 N–H and O–H groups in total. The first-order valence-electron chi connectivity index (χ1n) is 8.86. The first-order valence-corrected chi connectivity index (χ1v) is 8.86. The molecule has 0 atom stereocenters. The van der Waals surface area contributed by atoms with E-state index in [9.17, 15) is 4.79 Å². The number of hydrogen-bond acceptors (Lipinski definition) is 5. The van der Waals surface area contributed by atoms with Crippen molar-refractivity contribution in [2.45, 2.75) is 6.42 Å². The summed E-state index contributed by atoms with van der Waals surface area (Å²) in [6.07, 6.45) is 0.384. The summed E-state index contributed by atoms with van der Waals surface area (Å²) in [5.41, 5.74) is 2.94. The quantitative estimate of drug-likeness (QED) is 0.799. The van der Waals surface area contributed by atoms with Gasteiger partial charge in [-0.05, 0) is 24.3 Å². The van der Waals surface area contributed by atoms with E-state index in [-0.39, 0.29) is 5.91 Å². The van der Waals surface area contributed by atoms with Gasteiger partial charge in [-0.3, -0.25) is 4.79 Å². The van der Waals surface area contributed by atoms with E-state index < -0.39 is 0 Å². The van der Waals surface area contributed by atoms with Gasteiger partial charge >= 0.3 is 0 Å². The number of para-hydroxylation sites is 2. The molecular formula is C20H25N3O3. The number of carbonyl (C=O) groups is 1. The molecule has 3 rings (SSSR count). The molecule has 1 aliphatic heterocycles. The minimum absolute atomic E-state index is 0.0328. The highest BCUT2D eigenvalue weighted by molar-refractivity contribution is 5.91. The summed E-state index contributed by atoms with van der Waals surface area (Å²) in [7, 11) is 1.61. The monoisotopic (exact) mass is 355 g/mol. The van der Waals surface area contributed by atoms with Gasteiger partial charge in [0.2, 0.25) is 5.91 Å². The number of amides is 1. The topological polar surface area (TPSA) is 62.8 Å². The molecular weight excluding hydrogens is 330 g/mol. The van der Waals surface area contributed by atoms with Gasteiger partial charge in [0.15, 0.2) is 0 Å². The van der Waals surface area contributed by atoms with Crippen molar-refractivity contribution in [2.75, 3.05) is 55.5 Å². The molecule has 0 saturated carbocycles. The highest BCUT2D eigenvalue weighted by atomic mass is 16.5. The van der Waals surface area contributed by atoms with E-state index in [1.807, 2.05) is 36.4 Å². The van der Waals surface area contributed by atoms with Crippen LogP contribution in [0.1, 0.15) is 6.42 Å². The van der Waals surface area contributed by atoms with Gasteiger partial charge in [0.25, 0.3) is 0 Å². The van der Waals surface area contributed by atoms with Gasteiger partial charge in [-0.2, -0.15) is 0 Å². The molecule has 1 fully saturated rings. The zero-order chi connectivity index (χ0) is 18.2. The molecule has 2 aromatic rings. The summed E-state index contributed by atoms with van der Waals surface area (Å²) in [5, 5.41) is 6.28. The lowest BCUT2D eigenvalue weighted by atomic mass is 10.2. The van der Waals surface area contributed by atoms with Crippen molar-refractivity contribution in [1.29, 1.82) is 0 Å². The van der Waals surface area contributed by atoms with E-state index in [0.29, 0.717) is 13.0 Å². The molecule has 1 aliphatic rings. The second kappa shape index (κ2) is 9.10. The van der Waals surface area contributed by atoms with Gasteiger partial charge in [0.1, 0.15) is 5.75 Å². The number of carbonyl (C=O) groups excluding carboxylic acids is 1. The van der Waals surface area contributed by atoms with Crippen LogP contribution in [0.15, 0.2) is 48.5 Å². The molecule has 1 saturated heterocycles. The maximum absolute atomic E-state index is 12.2. The van der Waals surface area contributed by atoms with Gasteiger partial charge < -0.3 is 25.0 Å². The second-order valence-electron chi connectivity index (χ2n) is 6.07. The molecule has 0 aromatic heterocycles. The first-order chi connectivity index (χ1) is 12.8. The smallest absolute Gasteiger partial charge is 0.226 e. The van der Waals surface area contributed by atoms with E-state index in [2.05, 4.69) is 21.6 Å². The minimum atomic E-state index is -0.0328. The molecule has 6 heteroatoms. The van der Waals surface area contributed by atoms with Crippen molar-refractivity contribution < 1.29 is 14.3 Å². The van der Waals surface area contributed by atoms with Crippen molar-refractivity contribution in [2.24, 2.45) is 0 Å². The average Bonchev–Trinajstić information content (AvgIpc) is 2.69. The summed E-state index contributed by atoms with van der Waals surface area (Å²) in [4.78, 5) is 14.5. The number of rotatable bonds is 7. The van der Waals surface area contributed by atoms with Crippen LogP contribution in [0.3, 0.4) is 0 Å². The van der Waals surface area contributed by atoms with Crippen molar-refractivity contribution in [3.63, 3.8) is 0 Å². The van der Waals surface area contributed by atoms with Crippen LogP contribution in [0.2, 0.25) is 0 Å². The average molecular weight is 355 g/mol. The Morgan fingerprint density at radius 2 is 1.96 bits per heavy atom. The van der Waals surface area contributed by atoms with Gasteiger partial charge in [0, 0.05) is 37.8 Å². The summed E-state index contributed by atoms with van der Waals surface area (Å²) < 4.78 is 10.6. The number of nitrogens with one attached hydrogen (secondary N) is 2. The summed E-state index contributed by atoms with van der Waals surface area (Å²) >= 11 is 0. The molecule has 0 radical (unpaired) electrons. The third-order valence-corrected chi connectivity index (χ3v) is 4.28. The molecule has 26 heavy (non-hydrogen) atoms. The number of benzene rings is 2. The van der Waals surface area contributed by atoms with Crippen molar-refractivity contribution >= 4 is 23.0 Å². The molecule has 0 aliphatic carbocycles. The zero-order valence-electron chi connectivity index (χ0n) is 15.0. The Bertz CT molecular complexity index is 730. The number of anilines is 3. The molecule has 0 bridgehead atoms. The van der Waals surface area contributed by atoms with Crippen molar-refractivity contribution in [3.05, 3.63) is 48.5 Å². The second-order valence-corrected chi connectivity index (χ2v) is 6.07. The van der Waals surface area contributed by atoms with Crippen LogP contribution in [0, 0.1) is 0 Å². The Morgan fingerprint density at radius 3 is 2.77 bits per heavy atom. The maximum Gasteiger partial charge on any atom is 0.226 e. The van der Waals surface area contributed by atoms with Crippen LogP contribution in [-0.4, -0.2) is 45.9 Å². The van der Waals surface area contributed by atoms with Gasteiger partial charge in [0.05, 0.1) is 31.7 Å². The van der Waals surface area contributed by atoms with Crippen LogP contribution in [0.5, 0.6) is 5.75 Å². The number of methoxy groups -OCH3 is 1. The van der Waals surface area contributed by atoms with Crippen LogP contribution in [0.4, 0.5) is 17.1 Å². The standard InChI is InChI=1S/C20H25N3O3/c1-25-17-6-4-5-16(15-17)22-20(24)9-10-21-18-7-2-3-8-19(18)23-11-13-26-14-12-23/h2-8,15,21H,9-14H2,1H3,(H,22,24). The molecule has 0 spiro atoms. The van der Waals surface area contributed by atoms with E-state index >= 15 is 0 Å². The minimum Gasteiger partial charge on any atom is -0.497 e. The fourth-order valence-electron chi connectivity index (χ4n) is 2.94. The zero-order valence-corrected chi connectivity index (χ0v) is 15.0. The van der Waals surface area contributed by atoms with Crippen molar-refractivity contribution in [3.8, 4) is 5.75 Å². The number of hydrogen-bond donors (Lipinski definition) is 2. The van der Waals surface area contributed by atoms with E-state index in [4.69, 9.17) is 9.47 Å². The molecule has 1 heterocycles. The number of nitrogens with zero attached hydrogens (tertiary/aromatic N) is 1. The molecule has 6 nitrogen and oxygen atoms in total. The predicted molar refractivity (Wildman–Crippen MR) is 104 cm³/mol. The Kier molecular flexibility index (Phi) is 6.33. The van der Waals surface area contributed by atoms with Crippen LogP contribution in [-0.2, 0) is 9.53 Å². The first kappa shape index (κ1) is 18.1. The molecule has 0 unspecified atom stereocenters. The molecule has 138 valence electrons. The lowest BCUT2D eigenvalue weighted by molar-refractivity contribution is -0.115.